The van der Waals surface area contributed by atoms with Crippen LogP contribution in [0.5, 0.6) is 0 Å². The molecule has 0 bridgehead atoms. The minimum Gasteiger partial charge on any atom is -0.372 e. The second-order valence-corrected chi connectivity index (χ2v) is 7.68. The number of carbonyl (C=O) groups is 1. The zero-order valence-electron chi connectivity index (χ0n) is 16.8. The zero-order valence-corrected chi connectivity index (χ0v) is 17.6. The lowest BCUT2D eigenvalue weighted by Crippen LogP contribution is -2.32. The highest BCUT2D eigenvalue weighted by Crippen LogP contribution is 2.17. The Morgan fingerprint density at radius 1 is 1.10 bits per heavy atom. The second-order valence-electron chi connectivity index (χ2n) is 6.69. The van der Waals surface area contributed by atoms with Gasteiger partial charge in [-0.05, 0) is 61.8 Å². The molecule has 154 valence electrons. The van der Waals surface area contributed by atoms with E-state index in [1.807, 2.05) is 24.3 Å². The summed E-state index contributed by atoms with van der Waals surface area (Å²) in [7, 11) is 0. The van der Waals surface area contributed by atoms with Crippen molar-refractivity contribution in [2.24, 2.45) is 0 Å². The number of amides is 1. The van der Waals surface area contributed by atoms with Crippen LogP contribution in [0, 0.1) is 0 Å². The third kappa shape index (κ3) is 3.84. The van der Waals surface area contributed by atoms with Crippen molar-refractivity contribution in [3.05, 3.63) is 70.8 Å². The smallest absolute Gasteiger partial charge is 0.338 e. The van der Waals surface area contributed by atoms with Crippen LogP contribution in [0.2, 0.25) is 0 Å². The predicted molar refractivity (Wildman–Crippen MR) is 119 cm³/mol. The Morgan fingerprint density at radius 2 is 1.83 bits per heavy atom. The standard InChI is InChI=1S/C21H22N6O2S/c1-3-25(4-2)16-9-11-17(12-10-16)26-14-15(23-24-26)13-22-21(29)27-20(28)18-7-5-6-8-19(18)30-27/h5-12,14H,3-4,13H2,1-2H3,(H,22,29). The fourth-order valence-corrected chi connectivity index (χ4v) is 4.17. The molecule has 1 amide bonds. The van der Waals surface area contributed by atoms with Gasteiger partial charge < -0.3 is 10.2 Å². The van der Waals surface area contributed by atoms with E-state index in [0.29, 0.717) is 11.1 Å². The highest BCUT2D eigenvalue weighted by molar-refractivity contribution is 7.14. The normalized spacial score (nSPS) is 11.0. The molecule has 0 unspecified atom stereocenters. The van der Waals surface area contributed by atoms with Gasteiger partial charge >= 0.3 is 6.03 Å². The van der Waals surface area contributed by atoms with Gasteiger partial charge in [0.2, 0.25) is 0 Å². The molecule has 0 radical (unpaired) electrons. The summed E-state index contributed by atoms with van der Waals surface area (Å²) in [6, 6.07) is 14.8. The van der Waals surface area contributed by atoms with Crippen LogP contribution in [0.4, 0.5) is 10.5 Å². The van der Waals surface area contributed by atoms with Crippen molar-refractivity contribution in [2.45, 2.75) is 20.4 Å². The Hall–Kier alpha value is -3.46. The fourth-order valence-electron chi connectivity index (χ4n) is 3.25. The van der Waals surface area contributed by atoms with Crippen molar-refractivity contribution >= 4 is 33.3 Å². The number of nitrogens with zero attached hydrogens (tertiary/aromatic N) is 5. The van der Waals surface area contributed by atoms with E-state index >= 15 is 0 Å². The average molecular weight is 423 g/mol. The summed E-state index contributed by atoms with van der Waals surface area (Å²) < 4.78 is 3.57. The van der Waals surface area contributed by atoms with Gasteiger partial charge in [-0.1, -0.05) is 17.3 Å². The maximum Gasteiger partial charge on any atom is 0.338 e. The first-order valence-electron chi connectivity index (χ1n) is 9.76. The van der Waals surface area contributed by atoms with E-state index in [1.54, 1.807) is 23.0 Å². The molecule has 0 aliphatic heterocycles. The van der Waals surface area contributed by atoms with Crippen LogP contribution >= 0.6 is 11.5 Å². The Morgan fingerprint density at radius 3 is 2.53 bits per heavy atom. The van der Waals surface area contributed by atoms with Gasteiger partial charge in [0.05, 0.1) is 28.5 Å². The summed E-state index contributed by atoms with van der Waals surface area (Å²) >= 11 is 1.12. The molecular formula is C21H22N6O2S. The van der Waals surface area contributed by atoms with Crippen LogP contribution in [-0.4, -0.2) is 38.1 Å². The van der Waals surface area contributed by atoms with Gasteiger partial charge in [-0.3, -0.25) is 4.79 Å². The lowest BCUT2D eigenvalue weighted by atomic mass is 10.2. The molecule has 0 fully saturated rings. The first kappa shape index (κ1) is 19.8. The lowest BCUT2D eigenvalue weighted by Gasteiger charge is -2.21. The Bertz CT molecular complexity index is 1220. The van der Waals surface area contributed by atoms with Crippen LogP contribution in [0.3, 0.4) is 0 Å². The molecule has 0 atom stereocenters. The van der Waals surface area contributed by atoms with Crippen molar-refractivity contribution in [3.63, 3.8) is 0 Å². The van der Waals surface area contributed by atoms with Gasteiger partial charge in [-0.25, -0.2) is 9.48 Å². The Kier molecular flexibility index (Phi) is 5.62. The summed E-state index contributed by atoms with van der Waals surface area (Å²) in [5, 5.41) is 11.5. The number of benzene rings is 2. The van der Waals surface area contributed by atoms with E-state index in [-0.39, 0.29) is 12.1 Å². The molecule has 0 spiro atoms. The van der Waals surface area contributed by atoms with Gasteiger partial charge in [0.25, 0.3) is 5.56 Å². The number of hydrogen-bond acceptors (Lipinski definition) is 6. The predicted octanol–water partition coefficient (Wildman–Crippen LogP) is 3.25. The molecule has 0 aliphatic rings. The average Bonchev–Trinajstić information content (AvgIpc) is 3.39. The zero-order chi connectivity index (χ0) is 21.1. The SMILES string of the molecule is CCN(CC)c1ccc(-n2cc(CNC(=O)n3sc4ccccc4c3=O)nn2)cc1. The quantitative estimate of drug-likeness (QED) is 0.516. The number of aromatic nitrogens is 4. The number of anilines is 1. The molecule has 0 saturated heterocycles. The Labute approximate surface area is 177 Å². The van der Waals surface area contributed by atoms with Gasteiger partial charge in [-0.2, -0.15) is 3.96 Å². The van der Waals surface area contributed by atoms with E-state index in [4.69, 9.17) is 0 Å². The molecule has 2 heterocycles. The molecule has 4 rings (SSSR count). The molecule has 2 aromatic heterocycles. The van der Waals surface area contributed by atoms with Crippen molar-refractivity contribution in [2.75, 3.05) is 18.0 Å². The van der Waals surface area contributed by atoms with E-state index < -0.39 is 6.03 Å². The molecule has 9 heteroatoms. The van der Waals surface area contributed by atoms with Gasteiger partial charge in [-0.15, -0.1) is 5.10 Å². The molecular weight excluding hydrogens is 400 g/mol. The summed E-state index contributed by atoms with van der Waals surface area (Å²) in [4.78, 5) is 27.1. The maximum absolute atomic E-state index is 12.4. The molecule has 1 N–H and O–H groups in total. The Balaban J connectivity index is 1.44. The number of rotatable bonds is 6. The van der Waals surface area contributed by atoms with Gasteiger partial charge in [0.1, 0.15) is 5.69 Å². The molecule has 0 aliphatic carbocycles. The molecule has 2 aromatic carbocycles. The van der Waals surface area contributed by atoms with E-state index in [0.717, 1.165) is 44.7 Å². The second kappa shape index (κ2) is 8.50. The minimum atomic E-state index is -0.473. The number of nitrogens with one attached hydrogen (secondary N) is 1. The summed E-state index contributed by atoms with van der Waals surface area (Å²) in [5.74, 6) is 0. The molecule has 8 nitrogen and oxygen atoms in total. The number of carbonyl (C=O) groups excluding carboxylic acids is 1. The third-order valence-corrected chi connectivity index (χ3v) is 5.95. The summed E-state index contributed by atoms with van der Waals surface area (Å²) in [5.41, 5.74) is 2.33. The van der Waals surface area contributed by atoms with E-state index in [9.17, 15) is 9.59 Å². The third-order valence-electron chi connectivity index (χ3n) is 4.88. The van der Waals surface area contributed by atoms with Crippen molar-refractivity contribution in [1.82, 2.24) is 24.3 Å². The maximum atomic E-state index is 12.4. The van der Waals surface area contributed by atoms with Crippen molar-refractivity contribution < 1.29 is 4.79 Å². The highest BCUT2D eigenvalue weighted by Gasteiger charge is 2.14. The van der Waals surface area contributed by atoms with Crippen LogP contribution in [0.25, 0.3) is 15.8 Å². The summed E-state index contributed by atoms with van der Waals surface area (Å²) in [6.45, 7) is 6.33. The van der Waals surface area contributed by atoms with Gasteiger partial charge in [0.15, 0.2) is 0 Å². The molecule has 4 aromatic rings. The number of hydrogen-bond donors (Lipinski definition) is 1. The first-order valence-corrected chi connectivity index (χ1v) is 10.5. The van der Waals surface area contributed by atoms with E-state index in [2.05, 4.69) is 46.5 Å². The van der Waals surface area contributed by atoms with Crippen LogP contribution < -0.4 is 15.8 Å². The highest BCUT2D eigenvalue weighted by atomic mass is 32.1. The monoisotopic (exact) mass is 422 g/mol. The van der Waals surface area contributed by atoms with Crippen LogP contribution in [-0.2, 0) is 6.54 Å². The first-order chi connectivity index (χ1) is 14.6. The number of fused-ring (bicyclic) bond motifs is 1. The van der Waals surface area contributed by atoms with Gasteiger partial charge in [0, 0.05) is 18.8 Å². The molecule has 30 heavy (non-hydrogen) atoms. The largest absolute Gasteiger partial charge is 0.372 e. The summed E-state index contributed by atoms with van der Waals surface area (Å²) in [6.07, 6.45) is 1.76. The fraction of sp³-hybridized carbons (Fsp3) is 0.238. The molecule has 0 saturated carbocycles. The minimum absolute atomic E-state index is 0.178. The topological polar surface area (TPSA) is 85.0 Å². The van der Waals surface area contributed by atoms with Crippen LogP contribution in [0.1, 0.15) is 19.5 Å². The lowest BCUT2D eigenvalue weighted by molar-refractivity contribution is 0.243. The van der Waals surface area contributed by atoms with Crippen molar-refractivity contribution in [3.8, 4) is 5.69 Å². The van der Waals surface area contributed by atoms with Crippen LogP contribution in [0.15, 0.2) is 59.5 Å². The van der Waals surface area contributed by atoms with E-state index in [1.165, 1.54) is 0 Å². The van der Waals surface area contributed by atoms with Crippen molar-refractivity contribution in [1.29, 1.82) is 0 Å².